The Hall–Kier alpha value is -3.09. The number of fused-ring (bicyclic) bond motifs is 3. The molecule has 35 heavy (non-hydrogen) atoms. The van der Waals surface area contributed by atoms with Crippen molar-refractivity contribution in [2.45, 2.75) is 25.6 Å². The standard InChI is InChI=1S/C28H29ClFN3O2/c1-35-24-10-7-21-14-25(28(34)31-16-20-3-2-4-23(30)13-20)27-18-32(11-12-33(27)26(21)15-24)17-19-5-8-22(29)9-6-19/h2-10,13,15,25,27H,11-12,14,16-18H2,1H3,(H,31,34)/t25-,27+/m1/s1. The van der Waals surface area contributed by atoms with Crippen molar-refractivity contribution in [3.63, 3.8) is 0 Å². The highest BCUT2D eigenvalue weighted by molar-refractivity contribution is 6.30. The molecule has 0 bridgehead atoms. The Labute approximate surface area is 210 Å². The molecule has 2 heterocycles. The third-order valence-corrected chi connectivity index (χ3v) is 7.27. The number of halogens is 2. The number of nitrogens with one attached hydrogen (secondary N) is 1. The molecule has 0 saturated carbocycles. The monoisotopic (exact) mass is 493 g/mol. The number of hydrogen-bond donors (Lipinski definition) is 1. The molecule has 0 aromatic heterocycles. The SMILES string of the molecule is COc1ccc2c(c1)N1CCN(Cc3ccc(Cl)cc3)C[C@H]1[C@H](C(=O)NCc1cccc(F)c1)C2. The van der Waals surface area contributed by atoms with Gasteiger partial charge in [0.1, 0.15) is 11.6 Å². The summed E-state index contributed by atoms with van der Waals surface area (Å²) in [5, 5.41) is 3.79. The van der Waals surface area contributed by atoms with Crippen molar-refractivity contribution in [3.05, 3.63) is 94.3 Å². The van der Waals surface area contributed by atoms with Crippen molar-refractivity contribution < 1.29 is 13.9 Å². The van der Waals surface area contributed by atoms with Gasteiger partial charge in [-0.25, -0.2) is 4.39 Å². The molecular formula is C28H29ClFN3O2. The number of carbonyl (C=O) groups excluding carboxylic acids is 1. The van der Waals surface area contributed by atoms with Gasteiger partial charge in [0.25, 0.3) is 0 Å². The van der Waals surface area contributed by atoms with Crippen LogP contribution in [0.4, 0.5) is 10.1 Å². The van der Waals surface area contributed by atoms with E-state index < -0.39 is 0 Å². The van der Waals surface area contributed by atoms with Gasteiger partial charge in [0.2, 0.25) is 5.91 Å². The summed E-state index contributed by atoms with van der Waals surface area (Å²) < 4.78 is 19.1. The molecule has 5 rings (SSSR count). The predicted octanol–water partition coefficient (Wildman–Crippen LogP) is 4.67. The summed E-state index contributed by atoms with van der Waals surface area (Å²) >= 11 is 6.06. The highest BCUT2D eigenvalue weighted by Gasteiger charge is 2.41. The summed E-state index contributed by atoms with van der Waals surface area (Å²) in [7, 11) is 1.68. The molecular weight excluding hydrogens is 465 g/mol. The van der Waals surface area contributed by atoms with Crippen molar-refractivity contribution in [1.82, 2.24) is 10.2 Å². The molecule has 0 unspecified atom stereocenters. The van der Waals surface area contributed by atoms with Gasteiger partial charge in [0, 0.05) is 49.5 Å². The summed E-state index contributed by atoms with van der Waals surface area (Å²) in [6.45, 7) is 3.62. The van der Waals surface area contributed by atoms with Crippen LogP contribution in [0.15, 0.2) is 66.7 Å². The fourth-order valence-corrected chi connectivity index (χ4v) is 5.35. The minimum absolute atomic E-state index is 0.000859. The Morgan fingerprint density at radius 2 is 1.91 bits per heavy atom. The summed E-state index contributed by atoms with van der Waals surface area (Å²) in [6, 6.07) is 20.4. The van der Waals surface area contributed by atoms with E-state index in [1.165, 1.54) is 17.7 Å². The second-order valence-corrected chi connectivity index (χ2v) is 9.71. The molecule has 1 fully saturated rings. The molecule has 2 atom stereocenters. The topological polar surface area (TPSA) is 44.8 Å². The largest absolute Gasteiger partial charge is 0.497 e. The lowest BCUT2D eigenvalue weighted by Crippen LogP contribution is -2.60. The molecule has 0 aliphatic carbocycles. The Bertz CT molecular complexity index is 1200. The number of carbonyl (C=O) groups is 1. The third kappa shape index (κ3) is 5.29. The molecule has 182 valence electrons. The fourth-order valence-electron chi connectivity index (χ4n) is 5.22. The van der Waals surface area contributed by atoms with Crippen LogP contribution in [0.25, 0.3) is 0 Å². The van der Waals surface area contributed by atoms with Crippen molar-refractivity contribution in [2.75, 3.05) is 31.6 Å². The van der Waals surface area contributed by atoms with Gasteiger partial charge >= 0.3 is 0 Å². The Morgan fingerprint density at radius 3 is 2.69 bits per heavy atom. The van der Waals surface area contributed by atoms with Gasteiger partial charge in [-0.05, 0) is 53.4 Å². The van der Waals surface area contributed by atoms with E-state index in [1.807, 2.05) is 24.3 Å². The first-order chi connectivity index (χ1) is 17.0. The summed E-state index contributed by atoms with van der Waals surface area (Å²) in [5.74, 6) is 0.310. The maximum Gasteiger partial charge on any atom is 0.225 e. The van der Waals surface area contributed by atoms with E-state index in [-0.39, 0.29) is 23.7 Å². The van der Waals surface area contributed by atoms with Crippen molar-refractivity contribution in [1.29, 1.82) is 0 Å². The molecule has 0 radical (unpaired) electrons. The molecule has 1 amide bonds. The normalized spacial score (nSPS) is 19.6. The van der Waals surface area contributed by atoms with Crippen LogP contribution in [0.5, 0.6) is 5.75 Å². The maximum absolute atomic E-state index is 13.6. The smallest absolute Gasteiger partial charge is 0.225 e. The highest BCUT2D eigenvalue weighted by Crippen LogP contribution is 2.38. The fraction of sp³-hybridized carbons (Fsp3) is 0.321. The van der Waals surface area contributed by atoms with Crippen LogP contribution in [-0.4, -0.2) is 43.6 Å². The lowest BCUT2D eigenvalue weighted by molar-refractivity contribution is -0.126. The van der Waals surface area contributed by atoms with Crippen molar-refractivity contribution >= 4 is 23.2 Å². The second-order valence-electron chi connectivity index (χ2n) is 9.28. The summed E-state index contributed by atoms with van der Waals surface area (Å²) in [4.78, 5) is 18.2. The summed E-state index contributed by atoms with van der Waals surface area (Å²) in [6.07, 6.45) is 0.657. The Kier molecular flexibility index (Phi) is 6.93. The lowest BCUT2D eigenvalue weighted by Gasteiger charge is -2.49. The second kappa shape index (κ2) is 10.3. The molecule has 2 aliphatic rings. The first-order valence-electron chi connectivity index (χ1n) is 11.9. The van der Waals surface area contributed by atoms with E-state index in [0.29, 0.717) is 13.0 Å². The molecule has 2 aliphatic heterocycles. The number of rotatable bonds is 6. The molecule has 3 aromatic rings. The van der Waals surface area contributed by atoms with Crippen LogP contribution in [0.3, 0.4) is 0 Å². The van der Waals surface area contributed by atoms with Crippen LogP contribution in [0, 0.1) is 11.7 Å². The Balaban J connectivity index is 1.37. The number of methoxy groups -OCH3 is 1. The quantitative estimate of drug-likeness (QED) is 0.542. The van der Waals surface area contributed by atoms with Gasteiger partial charge in [-0.15, -0.1) is 0 Å². The number of amides is 1. The zero-order valence-electron chi connectivity index (χ0n) is 19.7. The van der Waals surface area contributed by atoms with Gasteiger partial charge < -0.3 is 15.0 Å². The predicted molar refractivity (Wildman–Crippen MR) is 136 cm³/mol. The number of ether oxygens (including phenoxy) is 1. The van der Waals surface area contributed by atoms with E-state index in [2.05, 4.69) is 39.4 Å². The van der Waals surface area contributed by atoms with E-state index >= 15 is 0 Å². The van der Waals surface area contributed by atoms with E-state index in [1.54, 1.807) is 13.2 Å². The molecule has 7 heteroatoms. The number of hydrogen-bond acceptors (Lipinski definition) is 4. The zero-order valence-corrected chi connectivity index (χ0v) is 20.5. The molecule has 1 N–H and O–H groups in total. The van der Waals surface area contributed by atoms with Crippen LogP contribution in [0.1, 0.15) is 16.7 Å². The number of anilines is 1. The molecule has 1 saturated heterocycles. The average molecular weight is 494 g/mol. The van der Waals surface area contributed by atoms with Crippen LogP contribution in [0.2, 0.25) is 5.02 Å². The van der Waals surface area contributed by atoms with E-state index in [4.69, 9.17) is 16.3 Å². The minimum atomic E-state index is -0.298. The van der Waals surface area contributed by atoms with Gasteiger partial charge in [-0.1, -0.05) is 41.9 Å². The van der Waals surface area contributed by atoms with Gasteiger partial charge in [-0.3, -0.25) is 9.69 Å². The van der Waals surface area contributed by atoms with Crippen LogP contribution >= 0.6 is 11.6 Å². The molecule has 3 aromatic carbocycles. The molecule has 0 spiro atoms. The van der Waals surface area contributed by atoms with E-state index in [0.717, 1.165) is 53.8 Å². The third-order valence-electron chi connectivity index (χ3n) is 7.02. The minimum Gasteiger partial charge on any atom is -0.497 e. The van der Waals surface area contributed by atoms with Gasteiger partial charge in [-0.2, -0.15) is 0 Å². The first-order valence-corrected chi connectivity index (χ1v) is 12.3. The molecule has 5 nitrogen and oxygen atoms in total. The summed E-state index contributed by atoms with van der Waals surface area (Å²) in [5.41, 5.74) is 4.26. The van der Waals surface area contributed by atoms with Crippen LogP contribution < -0.4 is 15.0 Å². The van der Waals surface area contributed by atoms with Crippen molar-refractivity contribution in [2.24, 2.45) is 5.92 Å². The first kappa shape index (κ1) is 23.6. The highest BCUT2D eigenvalue weighted by atomic mass is 35.5. The number of nitrogens with zero attached hydrogens (tertiary/aromatic N) is 2. The maximum atomic E-state index is 13.6. The zero-order chi connectivity index (χ0) is 24.4. The number of benzene rings is 3. The average Bonchev–Trinajstić information content (AvgIpc) is 2.87. The number of piperazine rings is 1. The van der Waals surface area contributed by atoms with Crippen LogP contribution in [-0.2, 0) is 24.3 Å². The van der Waals surface area contributed by atoms with Crippen molar-refractivity contribution in [3.8, 4) is 5.75 Å². The van der Waals surface area contributed by atoms with Gasteiger partial charge in [0.05, 0.1) is 19.1 Å². The van der Waals surface area contributed by atoms with E-state index in [9.17, 15) is 9.18 Å². The Morgan fingerprint density at radius 1 is 1.09 bits per heavy atom. The lowest BCUT2D eigenvalue weighted by atomic mass is 9.83. The van der Waals surface area contributed by atoms with Gasteiger partial charge in [0.15, 0.2) is 0 Å².